The van der Waals surface area contributed by atoms with Gasteiger partial charge in [0.25, 0.3) is 5.91 Å². The largest absolute Gasteiger partial charge is 0.493 e. The van der Waals surface area contributed by atoms with Gasteiger partial charge in [-0.2, -0.15) is 0 Å². The van der Waals surface area contributed by atoms with Gasteiger partial charge >= 0.3 is 0 Å². The fourth-order valence-electron chi connectivity index (χ4n) is 3.04. The Balaban J connectivity index is 1.69. The minimum Gasteiger partial charge on any atom is -0.493 e. The van der Waals surface area contributed by atoms with Gasteiger partial charge in [-0.05, 0) is 71.8 Å². The number of benzene rings is 2. The zero-order chi connectivity index (χ0) is 18.5. The van der Waals surface area contributed by atoms with Crippen molar-refractivity contribution in [3.63, 3.8) is 0 Å². The van der Waals surface area contributed by atoms with Crippen molar-refractivity contribution >= 4 is 45.9 Å². The van der Waals surface area contributed by atoms with E-state index in [0.717, 1.165) is 14.5 Å². The summed E-state index contributed by atoms with van der Waals surface area (Å²) in [6.07, 6.45) is 5.30. The first-order valence-corrected chi connectivity index (χ1v) is 10.6. The van der Waals surface area contributed by atoms with E-state index >= 15 is 0 Å². The lowest BCUT2D eigenvalue weighted by Gasteiger charge is -2.13. The minimum atomic E-state index is -0.161. The smallest absolute Gasteiger partial charge is 0.256 e. The number of hydrogen-bond acceptors (Lipinski definition) is 4. The maximum atomic E-state index is 12.6. The molecule has 0 saturated heterocycles. The van der Waals surface area contributed by atoms with Gasteiger partial charge in [0.05, 0.1) is 19.8 Å². The first kappa shape index (κ1) is 19.4. The van der Waals surface area contributed by atoms with Gasteiger partial charge in [-0.1, -0.05) is 12.8 Å². The zero-order valence-electron chi connectivity index (χ0n) is 14.9. The molecule has 0 radical (unpaired) electrons. The molecule has 1 fully saturated rings. The lowest BCUT2D eigenvalue weighted by atomic mass is 10.2. The predicted octanol–water partition coefficient (Wildman–Crippen LogP) is 5.60. The van der Waals surface area contributed by atoms with E-state index in [1.165, 1.54) is 30.6 Å². The van der Waals surface area contributed by atoms with E-state index in [9.17, 15) is 4.79 Å². The summed E-state index contributed by atoms with van der Waals surface area (Å²) in [6.45, 7) is 0. The van der Waals surface area contributed by atoms with E-state index < -0.39 is 0 Å². The highest BCUT2D eigenvalue weighted by molar-refractivity contribution is 14.1. The number of nitrogens with one attached hydrogen (secondary N) is 1. The Morgan fingerprint density at radius 2 is 1.69 bits per heavy atom. The van der Waals surface area contributed by atoms with Gasteiger partial charge in [-0.15, -0.1) is 11.8 Å². The van der Waals surface area contributed by atoms with Crippen molar-refractivity contribution < 1.29 is 14.3 Å². The third kappa shape index (κ3) is 4.65. The van der Waals surface area contributed by atoms with Crippen LogP contribution in [0.4, 0.5) is 5.69 Å². The van der Waals surface area contributed by atoms with Gasteiger partial charge in [-0.25, -0.2) is 0 Å². The lowest BCUT2D eigenvalue weighted by molar-refractivity contribution is 0.102. The number of rotatable bonds is 6. The number of hydrogen-bond donors (Lipinski definition) is 1. The van der Waals surface area contributed by atoms with Crippen molar-refractivity contribution in [2.75, 3.05) is 19.5 Å². The van der Waals surface area contributed by atoms with Gasteiger partial charge in [-0.3, -0.25) is 4.79 Å². The summed E-state index contributed by atoms with van der Waals surface area (Å²) in [7, 11) is 3.14. The molecule has 6 heteroatoms. The van der Waals surface area contributed by atoms with Gasteiger partial charge in [0, 0.05) is 19.4 Å². The summed E-state index contributed by atoms with van der Waals surface area (Å²) in [5.41, 5.74) is 1.35. The number of carbonyl (C=O) groups excluding carboxylic acids is 1. The van der Waals surface area contributed by atoms with E-state index in [-0.39, 0.29) is 5.91 Å². The molecule has 2 aromatic rings. The third-order valence-electron chi connectivity index (χ3n) is 4.43. The van der Waals surface area contributed by atoms with Crippen LogP contribution in [0.5, 0.6) is 11.5 Å². The second-order valence-corrected chi connectivity index (χ2v) is 8.73. The molecular formula is C20H22INO3S. The number of methoxy groups -OCH3 is 2. The first-order valence-electron chi connectivity index (χ1n) is 8.60. The standard InChI is InChI=1S/C20H22INO3S/c1-24-18-11-16(17(21)12-19(18)25-2)20(23)22-13-7-9-15(10-8-13)26-14-5-3-4-6-14/h7-12,14H,3-6H2,1-2H3,(H,22,23). The zero-order valence-corrected chi connectivity index (χ0v) is 17.9. The highest BCUT2D eigenvalue weighted by Gasteiger charge is 2.17. The van der Waals surface area contributed by atoms with Crippen molar-refractivity contribution in [1.29, 1.82) is 0 Å². The van der Waals surface area contributed by atoms with E-state index in [2.05, 4.69) is 40.0 Å². The molecular weight excluding hydrogens is 461 g/mol. The van der Waals surface area contributed by atoms with Crippen LogP contribution in [0.3, 0.4) is 0 Å². The molecule has 1 aliphatic rings. The summed E-state index contributed by atoms with van der Waals surface area (Å²) in [6, 6.07) is 11.6. The van der Waals surface area contributed by atoms with Crippen molar-refractivity contribution in [3.05, 3.63) is 45.5 Å². The number of amides is 1. The lowest BCUT2D eigenvalue weighted by Crippen LogP contribution is -2.14. The summed E-state index contributed by atoms with van der Waals surface area (Å²) in [5, 5.41) is 3.70. The maximum absolute atomic E-state index is 12.6. The van der Waals surface area contributed by atoms with Crippen LogP contribution < -0.4 is 14.8 Å². The number of carbonyl (C=O) groups is 1. The Bertz CT molecular complexity index is 773. The van der Waals surface area contributed by atoms with Crippen LogP contribution in [-0.4, -0.2) is 25.4 Å². The molecule has 0 bridgehead atoms. The topological polar surface area (TPSA) is 47.6 Å². The molecule has 3 rings (SSSR count). The van der Waals surface area contributed by atoms with Crippen LogP contribution in [-0.2, 0) is 0 Å². The average molecular weight is 483 g/mol. The molecule has 0 unspecified atom stereocenters. The molecule has 26 heavy (non-hydrogen) atoms. The monoisotopic (exact) mass is 483 g/mol. The van der Waals surface area contributed by atoms with Crippen LogP contribution in [0.25, 0.3) is 0 Å². The van der Waals surface area contributed by atoms with Gasteiger partial charge in [0.2, 0.25) is 0 Å². The molecule has 1 N–H and O–H groups in total. The summed E-state index contributed by atoms with van der Waals surface area (Å²) in [5.74, 6) is 0.995. The Kier molecular flexibility index (Phi) is 6.69. The van der Waals surface area contributed by atoms with Crippen molar-refractivity contribution in [2.24, 2.45) is 0 Å². The average Bonchev–Trinajstić information content (AvgIpc) is 3.16. The van der Waals surface area contributed by atoms with Gasteiger partial charge in [0.15, 0.2) is 11.5 Å². The second kappa shape index (κ2) is 8.99. The number of thioether (sulfide) groups is 1. The molecule has 0 aliphatic heterocycles. The molecule has 0 heterocycles. The molecule has 2 aromatic carbocycles. The molecule has 1 amide bonds. The molecule has 0 spiro atoms. The SMILES string of the molecule is COc1cc(I)c(C(=O)Nc2ccc(SC3CCCC3)cc2)cc1OC. The molecule has 138 valence electrons. The number of halogens is 1. The Labute approximate surface area is 172 Å². The maximum Gasteiger partial charge on any atom is 0.256 e. The van der Waals surface area contributed by atoms with E-state index in [1.807, 2.05) is 23.9 Å². The molecule has 1 saturated carbocycles. The Morgan fingerprint density at radius 1 is 1.08 bits per heavy atom. The second-order valence-electron chi connectivity index (χ2n) is 6.19. The fraction of sp³-hybridized carbons (Fsp3) is 0.350. The summed E-state index contributed by atoms with van der Waals surface area (Å²) >= 11 is 4.08. The number of anilines is 1. The van der Waals surface area contributed by atoms with Crippen LogP contribution in [0.1, 0.15) is 36.0 Å². The van der Waals surface area contributed by atoms with Gasteiger partial charge < -0.3 is 14.8 Å². The normalized spacial score (nSPS) is 14.3. The van der Waals surface area contributed by atoms with Crippen LogP contribution >= 0.6 is 34.4 Å². The molecule has 1 aliphatic carbocycles. The summed E-state index contributed by atoms with van der Waals surface area (Å²) < 4.78 is 11.4. The van der Waals surface area contributed by atoms with E-state index in [1.54, 1.807) is 26.4 Å². The third-order valence-corrected chi connectivity index (χ3v) is 6.68. The van der Waals surface area contributed by atoms with Crippen molar-refractivity contribution in [2.45, 2.75) is 35.8 Å². The van der Waals surface area contributed by atoms with Crippen LogP contribution in [0, 0.1) is 3.57 Å². The van der Waals surface area contributed by atoms with E-state index in [0.29, 0.717) is 17.1 Å². The Hall–Kier alpha value is -1.41. The highest BCUT2D eigenvalue weighted by atomic mass is 127. The highest BCUT2D eigenvalue weighted by Crippen LogP contribution is 2.35. The molecule has 0 atom stereocenters. The van der Waals surface area contributed by atoms with Crippen LogP contribution in [0.2, 0.25) is 0 Å². The van der Waals surface area contributed by atoms with Gasteiger partial charge in [0.1, 0.15) is 0 Å². The fourth-order valence-corrected chi connectivity index (χ4v) is 4.97. The molecule has 0 aromatic heterocycles. The van der Waals surface area contributed by atoms with Crippen molar-refractivity contribution in [1.82, 2.24) is 0 Å². The first-order chi connectivity index (χ1) is 12.6. The van der Waals surface area contributed by atoms with E-state index in [4.69, 9.17) is 9.47 Å². The Morgan fingerprint density at radius 3 is 2.31 bits per heavy atom. The van der Waals surface area contributed by atoms with Crippen molar-refractivity contribution in [3.8, 4) is 11.5 Å². The van der Waals surface area contributed by atoms with Crippen LogP contribution in [0.15, 0.2) is 41.3 Å². The minimum absolute atomic E-state index is 0.161. The predicted molar refractivity (Wildman–Crippen MR) is 115 cm³/mol. The summed E-state index contributed by atoms with van der Waals surface area (Å²) in [4.78, 5) is 13.9. The number of ether oxygens (including phenoxy) is 2. The molecule has 4 nitrogen and oxygen atoms in total. The quantitative estimate of drug-likeness (QED) is 0.544.